The summed E-state index contributed by atoms with van der Waals surface area (Å²) in [4.78, 5) is 18.6. The molecule has 24 heavy (non-hydrogen) atoms. The number of likely N-dealkylation sites (N-methyl/N-ethyl adjacent to an activating group) is 1. The van der Waals surface area contributed by atoms with Gasteiger partial charge in [0.1, 0.15) is 0 Å². The van der Waals surface area contributed by atoms with Crippen LogP contribution in [-0.2, 0) is 11.2 Å². The first kappa shape index (κ1) is 18.7. The minimum absolute atomic E-state index is 0.154. The summed E-state index contributed by atoms with van der Waals surface area (Å²) in [6, 6.07) is 8.13. The molecule has 0 unspecified atom stereocenters. The molecule has 0 spiro atoms. The Morgan fingerprint density at radius 1 is 1.12 bits per heavy atom. The van der Waals surface area contributed by atoms with Crippen molar-refractivity contribution in [1.82, 2.24) is 9.80 Å². The molecule has 0 aliphatic carbocycles. The SMILES string of the molecule is CN(C)C[C@]1(O)CCCN(C(=O)Cc2ccc(N(C)C)cc2)CC1. The van der Waals surface area contributed by atoms with Crippen LogP contribution < -0.4 is 4.90 Å². The van der Waals surface area contributed by atoms with Gasteiger partial charge in [0.2, 0.25) is 5.91 Å². The van der Waals surface area contributed by atoms with Gasteiger partial charge in [0.15, 0.2) is 0 Å². The first-order valence-corrected chi connectivity index (χ1v) is 8.70. The summed E-state index contributed by atoms with van der Waals surface area (Å²) < 4.78 is 0. The molecule has 5 nitrogen and oxygen atoms in total. The average Bonchev–Trinajstić information content (AvgIpc) is 2.69. The number of carbonyl (C=O) groups excluding carboxylic acids is 1. The van der Waals surface area contributed by atoms with Gasteiger partial charge in [-0.1, -0.05) is 12.1 Å². The lowest BCUT2D eigenvalue weighted by Crippen LogP contribution is -2.41. The van der Waals surface area contributed by atoms with E-state index in [0.29, 0.717) is 25.9 Å². The van der Waals surface area contributed by atoms with Crippen LogP contribution in [0.15, 0.2) is 24.3 Å². The Morgan fingerprint density at radius 3 is 2.38 bits per heavy atom. The molecule has 5 heteroatoms. The third kappa shape index (κ3) is 5.21. The maximum atomic E-state index is 12.6. The number of hydrogen-bond acceptors (Lipinski definition) is 4. The summed E-state index contributed by atoms with van der Waals surface area (Å²) in [5.74, 6) is 0.154. The van der Waals surface area contributed by atoms with Gasteiger partial charge in [0, 0.05) is 39.4 Å². The van der Waals surface area contributed by atoms with Crippen molar-refractivity contribution >= 4 is 11.6 Å². The van der Waals surface area contributed by atoms with Crippen LogP contribution in [0, 0.1) is 0 Å². The fourth-order valence-corrected chi connectivity index (χ4v) is 3.37. The maximum absolute atomic E-state index is 12.6. The quantitative estimate of drug-likeness (QED) is 0.889. The van der Waals surface area contributed by atoms with Crippen LogP contribution in [-0.4, -0.2) is 74.2 Å². The largest absolute Gasteiger partial charge is 0.388 e. The van der Waals surface area contributed by atoms with Crippen molar-refractivity contribution in [3.8, 4) is 0 Å². The number of anilines is 1. The zero-order chi connectivity index (χ0) is 17.7. The van der Waals surface area contributed by atoms with Gasteiger partial charge in [-0.3, -0.25) is 4.79 Å². The summed E-state index contributed by atoms with van der Waals surface area (Å²) in [6.45, 7) is 2.03. The van der Waals surface area contributed by atoms with E-state index < -0.39 is 5.60 Å². The highest BCUT2D eigenvalue weighted by molar-refractivity contribution is 5.79. The van der Waals surface area contributed by atoms with Crippen molar-refractivity contribution in [2.45, 2.75) is 31.3 Å². The van der Waals surface area contributed by atoms with Gasteiger partial charge >= 0.3 is 0 Å². The molecule has 1 heterocycles. The van der Waals surface area contributed by atoms with E-state index in [-0.39, 0.29) is 5.91 Å². The molecule has 0 bridgehead atoms. The van der Waals surface area contributed by atoms with Gasteiger partial charge in [-0.15, -0.1) is 0 Å². The van der Waals surface area contributed by atoms with E-state index in [2.05, 4.69) is 0 Å². The Hall–Kier alpha value is -1.59. The van der Waals surface area contributed by atoms with E-state index in [0.717, 1.165) is 30.6 Å². The predicted molar refractivity (Wildman–Crippen MR) is 98.4 cm³/mol. The Morgan fingerprint density at radius 2 is 1.79 bits per heavy atom. The van der Waals surface area contributed by atoms with Crippen molar-refractivity contribution in [3.05, 3.63) is 29.8 Å². The van der Waals surface area contributed by atoms with Crippen LogP contribution in [0.4, 0.5) is 5.69 Å². The molecular weight excluding hydrogens is 302 g/mol. The summed E-state index contributed by atoms with van der Waals surface area (Å²) in [5.41, 5.74) is 1.50. The van der Waals surface area contributed by atoms with Gasteiger partial charge in [-0.2, -0.15) is 0 Å². The smallest absolute Gasteiger partial charge is 0.226 e. The number of nitrogens with zero attached hydrogens (tertiary/aromatic N) is 3. The number of rotatable bonds is 5. The number of carbonyl (C=O) groups is 1. The van der Waals surface area contributed by atoms with Gasteiger partial charge in [0.25, 0.3) is 0 Å². The van der Waals surface area contributed by atoms with E-state index in [1.807, 2.05) is 67.2 Å². The minimum atomic E-state index is -0.675. The highest BCUT2D eigenvalue weighted by Gasteiger charge is 2.31. The number of amides is 1. The summed E-state index contributed by atoms with van der Waals surface area (Å²) in [6.07, 6.45) is 2.69. The van der Waals surface area contributed by atoms with Crippen molar-refractivity contribution in [2.75, 3.05) is 52.7 Å². The molecule has 1 aliphatic rings. The molecule has 1 aromatic carbocycles. The Kier molecular flexibility index (Phi) is 6.24. The number of hydrogen-bond donors (Lipinski definition) is 1. The molecule has 134 valence electrons. The number of aliphatic hydroxyl groups is 1. The Labute approximate surface area is 145 Å². The van der Waals surface area contributed by atoms with Gasteiger partial charge in [0.05, 0.1) is 12.0 Å². The van der Waals surface area contributed by atoms with Gasteiger partial charge in [-0.25, -0.2) is 0 Å². The van der Waals surface area contributed by atoms with Crippen molar-refractivity contribution in [3.63, 3.8) is 0 Å². The molecule has 2 rings (SSSR count). The van der Waals surface area contributed by atoms with E-state index in [1.54, 1.807) is 0 Å². The van der Waals surface area contributed by atoms with Crippen LogP contribution in [0.2, 0.25) is 0 Å². The fourth-order valence-electron chi connectivity index (χ4n) is 3.37. The van der Waals surface area contributed by atoms with E-state index in [1.165, 1.54) is 0 Å². The second kappa shape index (κ2) is 7.99. The van der Waals surface area contributed by atoms with Crippen LogP contribution >= 0.6 is 0 Å². The average molecular weight is 333 g/mol. The summed E-state index contributed by atoms with van der Waals surface area (Å²) in [5, 5.41) is 10.7. The zero-order valence-corrected chi connectivity index (χ0v) is 15.5. The topological polar surface area (TPSA) is 47.0 Å². The van der Waals surface area contributed by atoms with Crippen LogP contribution in [0.1, 0.15) is 24.8 Å². The molecule has 1 saturated heterocycles. The fraction of sp³-hybridized carbons (Fsp3) is 0.632. The molecule has 1 fully saturated rings. The predicted octanol–water partition coefficient (Wildman–Crippen LogP) is 1.60. The highest BCUT2D eigenvalue weighted by Crippen LogP contribution is 2.23. The molecule has 0 aromatic heterocycles. The molecule has 0 radical (unpaired) electrons. The van der Waals surface area contributed by atoms with E-state index in [9.17, 15) is 9.90 Å². The normalized spacial score (nSPS) is 21.7. The number of likely N-dealkylation sites (tertiary alicyclic amines) is 1. The van der Waals surface area contributed by atoms with Crippen molar-refractivity contribution in [2.24, 2.45) is 0 Å². The van der Waals surface area contributed by atoms with Crippen LogP contribution in [0.5, 0.6) is 0 Å². The second-order valence-corrected chi connectivity index (χ2v) is 7.43. The lowest BCUT2D eigenvalue weighted by molar-refractivity contribution is -0.130. The number of benzene rings is 1. The third-order valence-corrected chi connectivity index (χ3v) is 4.69. The first-order valence-electron chi connectivity index (χ1n) is 8.70. The third-order valence-electron chi connectivity index (χ3n) is 4.69. The lowest BCUT2D eigenvalue weighted by Gasteiger charge is -2.30. The summed E-state index contributed by atoms with van der Waals surface area (Å²) in [7, 11) is 7.96. The molecule has 1 atom stereocenters. The van der Waals surface area contributed by atoms with Crippen molar-refractivity contribution < 1.29 is 9.90 Å². The monoisotopic (exact) mass is 333 g/mol. The molecular formula is C19H31N3O2. The van der Waals surface area contributed by atoms with E-state index in [4.69, 9.17) is 0 Å². The minimum Gasteiger partial charge on any atom is -0.388 e. The Bertz CT molecular complexity index is 542. The second-order valence-electron chi connectivity index (χ2n) is 7.43. The van der Waals surface area contributed by atoms with Crippen molar-refractivity contribution in [1.29, 1.82) is 0 Å². The van der Waals surface area contributed by atoms with Crippen LogP contribution in [0.25, 0.3) is 0 Å². The van der Waals surface area contributed by atoms with E-state index >= 15 is 0 Å². The molecule has 0 saturated carbocycles. The molecule has 1 N–H and O–H groups in total. The zero-order valence-electron chi connectivity index (χ0n) is 15.5. The molecule has 1 aromatic rings. The van der Waals surface area contributed by atoms with Gasteiger partial charge in [-0.05, 0) is 51.1 Å². The Balaban J connectivity index is 1.93. The first-order chi connectivity index (χ1) is 11.3. The van der Waals surface area contributed by atoms with Crippen LogP contribution in [0.3, 0.4) is 0 Å². The summed E-state index contributed by atoms with van der Waals surface area (Å²) >= 11 is 0. The highest BCUT2D eigenvalue weighted by atomic mass is 16.3. The molecule has 1 aliphatic heterocycles. The lowest BCUT2D eigenvalue weighted by atomic mass is 9.94. The maximum Gasteiger partial charge on any atom is 0.226 e. The molecule has 1 amide bonds. The standard InChI is InChI=1S/C19H31N3O2/c1-20(2)15-19(24)10-5-12-22(13-11-19)18(23)14-16-6-8-17(9-7-16)21(3)4/h6-9,24H,5,10-15H2,1-4H3/t19-/m0/s1. The van der Waals surface area contributed by atoms with Gasteiger partial charge < -0.3 is 19.8 Å².